The minimum atomic E-state index is -0.619. The third-order valence-electron chi connectivity index (χ3n) is 12.9. The molecule has 0 atom stereocenters. The average molecular weight is 839 g/mol. The Morgan fingerprint density at radius 3 is 0.908 bits per heavy atom. The van der Waals surface area contributed by atoms with Gasteiger partial charge in [0.1, 0.15) is 11.6 Å². The number of aromatic nitrogens is 2. The summed E-state index contributed by atoms with van der Waals surface area (Å²) in [6.07, 6.45) is 0. The zero-order valence-corrected chi connectivity index (χ0v) is 35.5. The van der Waals surface area contributed by atoms with Crippen molar-refractivity contribution in [1.82, 2.24) is 9.13 Å². The lowest BCUT2D eigenvalue weighted by Crippen LogP contribution is -2.06. The van der Waals surface area contributed by atoms with Gasteiger partial charge in [-0.3, -0.25) is 0 Å². The second-order valence-electron chi connectivity index (χ2n) is 16.9. The van der Waals surface area contributed by atoms with Crippen LogP contribution in [0.25, 0.3) is 111 Å². The van der Waals surface area contributed by atoms with Gasteiger partial charge < -0.3 is 9.13 Å². The van der Waals surface area contributed by atoms with E-state index in [1.165, 1.54) is 12.1 Å². The Kier molecular flexibility index (Phi) is 9.13. The molecule has 2 nitrogen and oxygen atoms in total. The molecule has 0 bridgehead atoms. The molecule has 2 heterocycles. The maximum Gasteiger partial charge on any atom is 0.126 e. The Hall–Kier alpha value is -8.34. The van der Waals surface area contributed by atoms with Crippen LogP contribution in [0, 0.1) is 18.6 Å². The Morgan fingerprint density at radius 2 is 0.585 bits per heavy atom. The molecule has 0 N–H and O–H groups in total. The van der Waals surface area contributed by atoms with Crippen molar-refractivity contribution in [1.29, 1.82) is 0 Å². The molecular weight excluding hydrogens is 799 g/mol. The number of hydrogen-bond donors (Lipinski definition) is 0. The van der Waals surface area contributed by atoms with Crippen LogP contribution in [-0.4, -0.2) is 9.13 Å². The topological polar surface area (TPSA) is 9.86 Å². The summed E-state index contributed by atoms with van der Waals surface area (Å²) in [4.78, 5) is 0. The van der Waals surface area contributed by atoms with Crippen molar-refractivity contribution in [3.05, 3.63) is 242 Å². The Morgan fingerprint density at radius 1 is 0.277 bits per heavy atom. The summed E-state index contributed by atoms with van der Waals surface area (Å²) in [7, 11) is 0. The molecule has 12 aromatic rings. The van der Waals surface area contributed by atoms with E-state index >= 15 is 8.78 Å². The first kappa shape index (κ1) is 38.3. The lowest BCUT2D eigenvalue weighted by Gasteiger charge is -2.21. The highest BCUT2D eigenvalue weighted by atomic mass is 19.1. The van der Waals surface area contributed by atoms with Crippen molar-refractivity contribution in [2.24, 2.45) is 0 Å². The van der Waals surface area contributed by atoms with E-state index in [4.69, 9.17) is 0 Å². The molecule has 0 saturated heterocycles. The van der Waals surface area contributed by atoms with E-state index in [-0.39, 0.29) is 0 Å². The van der Waals surface area contributed by atoms with Gasteiger partial charge in [0.05, 0.1) is 33.4 Å². The van der Waals surface area contributed by atoms with Gasteiger partial charge in [-0.15, -0.1) is 0 Å². The highest BCUT2D eigenvalue weighted by molar-refractivity contribution is 6.14. The van der Waals surface area contributed by atoms with Gasteiger partial charge in [0.15, 0.2) is 0 Å². The molecule has 0 aliphatic carbocycles. The molecule has 0 aliphatic heterocycles. The SMILES string of the molecule is Cc1cc(-n2c3cc(-c4ccccc4)ccc3c3ccc(-c4ccccc4)cc32)c(-n2c3cc(-c4ccccc4)ccc3c3ccc(-c4ccccc4)cc32)cc1-c1cc(F)cc(F)c1. The quantitative estimate of drug-likeness (QED) is 0.151. The van der Waals surface area contributed by atoms with Crippen LogP contribution in [0.2, 0.25) is 0 Å². The van der Waals surface area contributed by atoms with Gasteiger partial charge in [0.2, 0.25) is 0 Å². The maximum atomic E-state index is 15.2. The predicted octanol–water partition coefficient (Wildman–Crippen LogP) is 16.8. The van der Waals surface area contributed by atoms with Crippen LogP contribution < -0.4 is 0 Å². The fourth-order valence-corrected chi connectivity index (χ4v) is 9.86. The van der Waals surface area contributed by atoms with Crippen LogP contribution in [0.1, 0.15) is 5.56 Å². The van der Waals surface area contributed by atoms with Crippen molar-refractivity contribution in [2.75, 3.05) is 0 Å². The van der Waals surface area contributed by atoms with Crippen LogP contribution in [0.3, 0.4) is 0 Å². The summed E-state index contributed by atoms with van der Waals surface area (Å²) in [5.74, 6) is -1.24. The second-order valence-corrected chi connectivity index (χ2v) is 16.9. The van der Waals surface area contributed by atoms with Crippen LogP contribution in [0.15, 0.2) is 224 Å². The van der Waals surface area contributed by atoms with Crippen molar-refractivity contribution >= 4 is 43.6 Å². The van der Waals surface area contributed by atoms with E-state index in [1.54, 1.807) is 0 Å². The molecular formula is C61H40F2N2. The minimum Gasteiger partial charge on any atom is -0.307 e. The van der Waals surface area contributed by atoms with E-state index in [0.29, 0.717) is 5.56 Å². The van der Waals surface area contributed by atoms with Crippen LogP contribution >= 0.6 is 0 Å². The molecule has 4 heteroatoms. The number of aryl methyl sites for hydroxylation is 1. The predicted molar refractivity (Wildman–Crippen MR) is 267 cm³/mol. The van der Waals surface area contributed by atoms with Gasteiger partial charge in [0.25, 0.3) is 0 Å². The van der Waals surface area contributed by atoms with Crippen molar-refractivity contribution in [3.8, 4) is 67.0 Å². The lowest BCUT2D eigenvalue weighted by atomic mass is 9.97. The van der Waals surface area contributed by atoms with Gasteiger partial charge in [-0.1, -0.05) is 170 Å². The number of hydrogen-bond acceptors (Lipinski definition) is 0. The third kappa shape index (κ3) is 6.61. The van der Waals surface area contributed by atoms with Crippen molar-refractivity contribution < 1.29 is 8.78 Å². The van der Waals surface area contributed by atoms with Gasteiger partial charge in [-0.2, -0.15) is 0 Å². The summed E-state index contributed by atoms with van der Waals surface area (Å²) in [6.45, 7) is 2.04. The van der Waals surface area contributed by atoms with E-state index in [1.807, 2.05) is 31.2 Å². The molecule has 0 unspecified atom stereocenters. The molecule has 10 aromatic carbocycles. The summed E-state index contributed by atoms with van der Waals surface area (Å²) in [6, 6.07) is 77.0. The molecule has 0 spiro atoms. The van der Waals surface area contributed by atoms with Crippen LogP contribution in [-0.2, 0) is 0 Å². The van der Waals surface area contributed by atoms with Gasteiger partial charge in [-0.05, 0) is 117 Å². The van der Waals surface area contributed by atoms with E-state index in [0.717, 1.165) is 117 Å². The molecule has 0 saturated carbocycles. The zero-order chi connectivity index (χ0) is 43.6. The molecule has 0 amide bonds. The fourth-order valence-electron chi connectivity index (χ4n) is 9.86. The molecule has 0 aliphatic rings. The number of halogens is 2. The van der Waals surface area contributed by atoms with Crippen LogP contribution in [0.5, 0.6) is 0 Å². The number of rotatable bonds is 7. The summed E-state index contributed by atoms with van der Waals surface area (Å²) >= 11 is 0. The second kappa shape index (κ2) is 15.5. The first-order valence-corrected chi connectivity index (χ1v) is 22.0. The standard InChI is InChI=1S/C61H40F2N2/c1-39-30-60(64-56-33-44(40-14-6-2-7-15-40)22-26-51(56)52-27-23-45(34-57(52)64)41-16-8-3-9-17-41)61(38-55(39)48-31-49(62)37-50(63)32-48)65-58-35-46(42-18-10-4-11-19-42)24-28-53(58)54-29-25-47(36-59(54)65)43-20-12-5-13-21-43/h2-38H,1H3. The smallest absolute Gasteiger partial charge is 0.126 e. The zero-order valence-electron chi connectivity index (χ0n) is 35.5. The molecule has 308 valence electrons. The fraction of sp³-hybridized carbons (Fsp3) is 0.0164. The molecule has 2 aromatic heterocycles. The van der Waals surface area contributed by atoms with Gasteiger partial charge >= 0.3 is 0 Å². The number of nitrogens with zero attached hydrogens (tertiary/aromatic N) is 2. The largest absolute Gasteiger partial charge is 0.307 e. The molecule has 12 rings (SSSR count). The van der Waals surface area contributed by atoms with Crippen LogP contribution in [0.4, 0.5) is 8.78 Å². The molecule has 65 heavy (non-hydrogen) atoms. The first-order valence-electron chi connectivity index (χ1n) is 22.0. The monoisotopic (exact) mass is 838 g/mol. The summed E-state index contributed by atoms with van der Waals surface area (Å²) in [5, 5.41) is 4.45. The van der Waals surface area contributed by atoms with Crippen molar-refractivity contribution in [2.45, 2.75) is 6.92 Å². The Balaban J connectivity index is 1.25. The number of fused-ring (bicyclic) bond motifs is 6. The first-order chi connectivity index (χ1) is 31.9. The Bertz CT molecular complexity index is 3560. The minimum absolute atomic E-state index is 0.475. The van der Waals surface area contributed by atoms with Gasteiger partial charge in [-0.25, -0.2) is 8.78 Å². The summed E-state index contributed by atoms with van der Waals surface area (Å²) < 4.78 is 35.2. The lowest BCUT2D eigenvalue weighted by molar-refractivity contribution is 0.584. The van der Waals surface area contributed by atoms with E-state index in [9.17, 15) is 0 Å². The number of benzene rings is 10. The van der Waals surface area contributed by atoms with E-state index in [2.05, 4.69) is 191 Å². The highest BCUT2D eigenvalue weighted by Gasteiger charge is 2.23. The highest BCUT2D eigenvalue weighted by Crippen LogP contribution is 2.44. The molecule has 0 fully saturated rings. The average Bonchev–Trinajstić information content (AvgIpc) is 3.85. The normalized spacial score (nSPS) is 11.6. The maximum absolute atomic E-state index is 15.2. The molecule has 0 radical (unpaired) electrons. The summed E-state index contributed by atoms with van der Waals surface area (Å²) in [5.41, 5.74) is 16.9. The van der Waals surface area contributed by atoms with Gasteiger partial charge in [0, 0.05) is 27.6 Å². The Labute approximate surface area is 375 Å². The van der Waals surface area contributed by atoms with Crippen molar-refractivity contribution in [3.63, 3.8) is 0 Å². The third-order valence-corrected chi connectivity index (χ3v) is 12.9. The van der Waals surface area contributed by atoms with E-state index < -0.39 is 11.6 Å².